The molecule has 5 heteroatoms. The van der Waals surface area contributed by atoms with Gasteiger partial charge in [0, 0.05) is 38.9 Å². The molecule has 0 aliphatic carbocycles. The zero-order valence-electron chi connectivity index (χ0n) is 14.2. The maximum absolute atomic E-state index is 13.7. The van der Waals surface area contributed by atoms with Crippen LogP contribution in [0.4, 0.5) is 4.39 Å². The molecule has 0 aromatic heterocycles. The Kier molecular flexibility index (Phi) is 7.33. The van der Waals surface area contributed by atoms with E-state index in [1.807, 2.05) is 20.0 Å². The fourth-order valence-electron chi connectivity index (χ4n) is 2.77. The number of halogens is 1. The SMILES string of the molecule is CCNC(=NCc1ccccc1F)N(C)CCC1CCOCC1. The van der Waals surface area contributed by atoms with E-state index in [0.29, 0.717) is 12.1 Å². The summed E-state index contributed by atoms with van der Waals surface area (Å²) in [6.07, 6.45) is 3.44. The lowest BCUT2D eigenvalue weighted by Gasteiger charge is -2.26. The highest BCUT2D eigenvalue weighted by molar-refractivity contribution is 5.79. The summed E-state index contributed by atoms with van der Waals surface area (Å²) in [6.45, 7) is 5.93. The molecule has 0 unspecified atom stereocenters. The van der Waals surface area contributed by atoms with E-state index in [2.05, 4.69) is 15.2 Å². The van der Waals surface area contributed by atoms with Crippen LogP contribution in [0.3, 0.4) is 0 Å². The van der Waals surface area contributed by atoms with Gasteiger partial charge in [-0.1, -0.05) is 18.2 Å². The van der Waals surface area contributed by atoms with Crippen LogP contribution in [-0.2, 0) is 11.3 Å². The van der Waals surface area contributed by atoms with Gasteiger partial charge in [-0.25, -0.2) is 9.38 Å². The normalized spacial score (nSPS) is 16.4. The molecule has 128 valence electrons. The summed E-state index contributed by atoms with van der Waals surface area (Å²) in [5, 5.41) is 3.29. The second-order valence-electron chi connectivity index (χ2n) is 6.03. The molecule has 1 N–H and O–H groups in total. The van der Waals surface area contributed by atoms with Crippen LogP contribution in [0.5, 0.6) is 0 Å². The average Bonchev–Trinajstić information content (AvgIpc) is 2.58. The summed E-state index contributed by atoms with van der Waals surface area (Å²) in [6, 6.07) is 6.81. The molecule has 0 saturated carbocycles. The molecule has 23 heavy (non-hydrogen) atoms. The van der Waals surface area contributed by atoms with Gasteiger partial charge in [-0.15, -0.1) is 0 Å². The summed E-state index contributed by atoms with van der Waals surface area (Å²) in [5.41, 5.74) is 0.626. The number of hydrogen-bond donors (Lipinski definition) is 1. The summed E-state index contributed by atoms with van der Waals surface area (Å²) in [5.74, 6) is 1.38. The molecule has 1 fully saturated rings. The van der Waals surface area contributed by atoms with Crippen LogP contribution < -0.4 is 5.32 Å². The highest BCUT2D eigenvalue weighted by Crippen LogP contribution is 2.18. The van der Waals surface area contributed by atoms with Gasteiger partial charge in [-0.2, -0.15) is 0 Å². The third kappa shape index (κ3) is 5.82. The Morgan fingerprint density at radius 2 is 2.09 bits per heavy atom. The van der Waals surface area contributed by atoms with Crippen LogP contribution in [-0.4, -0.2) is 44.2 Å². The minimum Gasteiger partial charge on any atom is -0.381 e. The molecule has 1 heterocycles. The molecular weight excluding hydrogens is 293 g/mol. The molecular formula is C18H28FN3O. The molecule has 0 radical (unpaired) electrons. The summed E-state index contributed by atoms with van der Waals surface area (Å²) in [7, 11) is 2.04. The predicted molar refractivity (Wildman–Crippen MR) is 92.0 cm³/mol. The number of aliphatic imine (C=N–C) groups is 1. The number of nitrogens with one attached hydrogen (secondary N) is 1. The van der Waals surface area contributed by atoms with Gasteiger partial charge < -0.3 is 15.0 Å². The Hall–Kier alpha value is -1.62. The van der Waals surface area contributed by atoms with Crippen molar-refractivity contribution in [1.29, 1.82) is 0 Å². The maximum atomic E-state index is 13.7. The Bertz CT molecular complexity index is 501. The highest BCUT2D eigenvalue weighted by Gasteiger charge is 2.15. The third-order valence-corrected chi connectivity index (χ3v) is 4.27. The van der Waals surface area contributed by atoms with Crippen molar-refractivity contribution >= 4 is 5.96 Å². The quantitative estimate of drug-likeness (QED) is 0.646. The van der Waals surface area contributed by atoms with Crippen molar-refractivity contribution in [3.05, 3.63) is 35.6 Å². The van der Waals surface area contributed by atoms with Crippen LogP contribution in [0.1, 0.15) is 31.7 Å². The van der Waals surface area contributed by atoms with Gasteiger partial charge in [0.05, 0.1) is 6.54 Å². The Morgan fingerprint density at radius 3 is 2.78 bits per heavy atom. The largest absolute Gasteiger partial charge is 0.381 e. The monoisotopic (exact) mass is 321 g/mol. The minimum absolute atomic E-state index is 0.197. The first-order valence-corrected chi connectivity index (χ1v) is 8.51. The number of benzene rings is 1. The molecule has 2 rings (SSSR count). The van der Waals surface area contributed by atoms with Crippen molar-refractivity contribution in [2.75, 3.05) is 33.4 Å². The van der Waals surface area contributed by atoms with E-state index in [1.54, 1.807) is 12.1 Å². The highest BCUT2D eigenvalue weighted by atomic mass is 19.1. The lowest BCUT2D eigenvalue weighted by atomic mass is 9.96. The fourth-order valence-corrected chi connectivity index (χ4v) is 2.77. The molecule has 0 amide bonds. The van der Waals surface area contributed by atoms with E-state index in [1.165, 1.54) is 6.07 Å². The van der Waals surface area contributed by atoms with E-state index < -0.39 is 0 Å². The topological polar surface area (TPSA) is 36.9 Å². The first kappa shape index (κ1) is 17.7. The fraction of sp³-hybridized carbons (Fsp3) is 0.611. The number of hydrogen-bond acceptors (Lipinski definition) is 2. The molecule has 1 saturated heterocycles. The maximum Gasteiger partial charge on any atom is 0.193 e. The van der Waals surface area contributed by atoms with Crippen molar-refractivity contribution in [2.24, 2.45) is 10.9 Å². The van der Waals surface area contributed by atoms with Gasteiger partial charge in [-0.3, -0.25) is 0 Å². The van der Waals surface area contributed by atoms with Gasteiger partial charge >= 0.3 is 0 Å². The molecule has 1 aromatic carbocycles. The smallest absolute Gasteiger partial charge is 0.193 e. The van der Waals surface area contributed by atoms with E-state index in [9.17, 15) is 4.39 Å². The van der Waals surface area contributed by atoms with Crippen LogP contribution in [0.2, 0.25) is 0 Å². The second kappa shape index (κ2) is 9.50. The van der Waals surface area contributed by atoms with Gasteiger partial charge in [-0.05, 0) is 38.2 Å². The van der Waals surface area contributed by atoms with Crippen molar-refractivity contribution in [3.8, 4) is 0 Å². The molecule has 1 aromatic rings. The van der Waals surface area contributed by atoms with Gasteiger partial charge in [0.2, 0.25) is 0 Å². The minimum atomic E-state index is -0.197. The number of rotatable bonds is 6. The van der Waals surface area contributed by atoms with Crippen molar-refractivity contribution in [2.45, 2.75) is 32.7 Å². The molecule has 1 aliphatic heterocycles. The van der Waals surface area contributed by atoms with Crippen LogP contribution >= 0.6 is 0 Å². The Labute approximate surface area is 138 Å². The molecule has 1 aliphatic rings. The second-order valence-corrected chi connectivity index (χ2v) is 6.03. The van der Waals surface area contributed by atoms with E-state index >= 15 is 0 Å². The molecule has 0 atom stereocenters. The van der Waals surface area contributed by atoms with E-state index in [-0.39, 0.29) is 5.82 Å². The lowest BCUT2D eigenvalue weighted by molar-refractivity contribution is 0.0625. The molecule has 4 nitrogen and oxygen atoms in total. The standard InChI is InChI=1S/C18H28FN3O/c1-3-20-18(21-14-16-6-4-5-7-17(16)19)22(2)11-8-15-9-12-23-13-10-15/h4-7,15H,3,8-14H2,1-2H3,(H,20,21). The molecule has 0 bridgehead atoms. The van der Waals surface area contributed by atoms with Gasteiger partial charge in [0.25, 0.3) is 0 Å². The van der Waals surface area contributed by atoms with Crippen LogP contribution in [0.15, 0.2) is 29.3 Å². The summed E-state index contributed by atoms with van der Waals surface area (Å²) < 4.78 is 19.1. The number of nitrogens with zero attached hydrogens (tertiary/aromatic N) is 2. The Morgan fingerprint density at radius 1 is 1.35 bits per heavy atom. The zero-order chi connectivity index (χ0) is 16.5. The van der Waals surface area contributed by atoms with Crippen LogP contribution in [0.25, 0.3) is 0 Å². The van der Waals surface area contributed by atoms with Crippen molar-refractivity contribution in [1.82, 2.24) is 10.2 Å². The first-order chi connectivity index (χ1) is 11.2. The van der Waals surface area contributed by atoms with Crippen molar-refractivity contribution in [3.63, 3.8) is 0 Å². The number of ether oxygens (including phenoxy) is 1. The van der Waals surface area contributed by atoms with Crippen molar-refractivity contribution < 1.29 is 9.13 Å². The van der Waals surface area contributed by atoms with E-state index in [0.717, 1.165) is 57.4 Å². The summed E-state index contributed by atoms with van der Waals surface area (Å²) >= 11 is 0. The lowest BCUT2D eigenvalue weighted by Crippen LogP contribution is -2.40. The van der Waals surface area contributed by atoms with E-state index in [4.69, 9.17) is 4.74 Å². The molecule has 0 spiro atoms. The van der Waals surface area contributed by atoms with Crippen LogP contribution in [0, 0.1) is 11.7 Å². The number of guanidine groups is 1. The van der Waals surface area contributed by atoms with Gasteiger partial charge in [0.1, 0.15) is 5.82 Å². The average molecular weight is 321 g/mol. The first-order valence-electron chi connectivity index (χ1n) is 8.51. The zero-order valence-corrected chi connectivity index (χ0v) is 14.2. The third-order valence-electron chi connectivity index (χ3n) is 4.27. The van der Waals surface area contributed by atoms with Gasteiger partial charge in [0.15, 0.2) is 5.96 Å². The Balaban J connectivity index is 1.90. The predicted octanol–water partition coefficient (Wildman–Crippen LogP) is 3.04. The summed E-state index contributed by atoms with van der Waals surface area (Å²) in [4.78, 5) is 6.71.